The fraction of sp³-hybridized carbons (Fsp3) is 0.429. The molecule has 102 valence electrons. The Labute approximate surface area is 116 Å². The second-order valence-electron chi connectivity index (χ2n) is 4.59. The number of methoxy groups -OCH3 is 1. The second-order valence-corrected chi connectivity index (χ2v) is 5.54. The van der Waals surface area contributed by atoms with E-state index in [2.05, 4.69) is 0 Å². The van der Waals surface area contributed by atoms with Gasteiger partial charge >= 0.3 is 5.97 Å². The molecule has 1 saturated heterocycles. The zero-order valence-corrected chi connectivity index (χ0v) is 11.9. The van der Waals surface area contributed by atoms with Crippen LogP contribution < -0.4 is 0 Å². The number of likely N-dealkylation sites (tertiary alicyclic amines) is 1. The Morgan fingerprint density at radius 1 is 1.53 bits per heavy atom. The number of esters is 1. The molecule has 1 amide bonds. The molecule has 0 radical (unpaired) electrons. The van der Waals surface area contributed by atoms with E-state index in [1.54, 1.807) is 22.3 Å². The number of carbonyl (C=O) groups is 2. The molecule has 1 aromatic rings. The molecule has 1 aliphatic rings. The van der Waals surface area contributed by atoms with Crippen molar-refractivity contribution < 1.29 is 14.3 Å². The summed E-state index contributed by atoms with van der Waals surface area (Å²) in [6.45, 7) is 3.09. The summed E-state index contributed by atoms with van der Waals surface area (Å²) in [6.07, 6.45) is 4.11. The van der Waals surface area contributed by atoms with E-state index in [0.717, 1.165) is 4.88 Å². The van der Waals surface area contributed by atoms with Gasteiger partial charge < -0.3 is 9.64 Å². The molecule has 2 rings (SSSR count). The van der Waals surface area contributed by atoms with E-state index < -0.39 is 0 Å². The maximum absolute atomic E-state index is 12.0. The first-order valence-corrected chi connectivity index (χ1v) is 7.08. The quantitative estimate of drug-likeness (QED) is 0.629. The van der Waals surface area contributed by atoms with Gasteiger partial charge in [0, 0.05) is 24.0 Å². The molecule has 0 saturated carbocycles. The van der Waals surface area contributed by atoms with Gasteiger partial charge in [-0.05, 0) is 36.4 Å². The zero-order chi connectivity index (χ0) is 13.8. The summed E-state index contributed by atoms with van der Waals surface area (Å²) in [4.78, 5) is 26.2. The molecule has 5 heteroatoms. The van der Waals surface area contributed by atoms with Gasteiger partial charge in [0.1, 0.15) is 0 Å². The molecular formula is C14H17NO3S. The number of thiophene rings is 1. The van der Waals surface area contributed by atoms with Gasteiger partial charge in [-0.15, -0.1) is 11.3 Å². The maximum atomic E-state index is 12.0. The van der Waals surface area contributed by atoms with Gasteiger partial charge in [0.05, 0.1) is 13.0 Å². The molecular weight excluding hydrogens is 262 g/mol. The zero-order valence-electron chi connectivity index (χ0n) is 11.1. The van der Waals surface area contributed by atoms with Crippen LogP contribution in [0.2, 0.25) is 0 Å². The highest BCUT2D eigenvalue weighted by Crippen LogP contribution is 2.20. The summed E-state index contributed by atoms with van der Waals surface area (Å²) in [5.41, 5.74) is 1.17. The van der Waals surface area contributed by atoms with Gasteiger partial charge in [-0.25, -0.2) is 0 Å². The average molecular weight is 279 g/mol. The van der Waals surface area contributed by atoms with Crippen LogP contribution in [0.5, 0.6) is 0 Å². The Hall–Kier alpha value is -1.62. The smallest absolute Gasteiger partial charge is 0.310 e. The maximum Gasteiger partial charge on any atom is 0.310 e. The Morgan fingerprint density at radius 3 is 2.95 bits per heavy atom. The lowest BCUT2D eigenvalue weighted by Crippen LogP contribution is -2.28. The number of amides is 1. The summed E-state index contributed by atoms with van der Waals surface area (Å²) >= 11 is 1.61. The largest absolute Gasteiger partial charge is 0.469 e. The van der Waals surface area contributed by atoms with Gasteiger partial charge in [0.2, 0.25) is 5.91 Å². The lowest BCUT2D eigenvalue weighted by molar-refractivity contribution is -0.145. The van der Waals surface area contributed by atoms with Crippen molar-refractivity contribution in [3.63, 3.8) is 0 Å². The van der Waals surface area contributed by atoms with Crippen molar-refractivity contribution in [1.82, 2.24) is 4.90 Å². The highest BCUT2D eigenvalue weighted by Gasteiger charge is 2.30. The van der Waals surface area contributed by atoms with Crippen LogP contribution in [0.3, 0.4) is 0 Å². The fourth-order valence-electron chi connectivity index (χ4n) is 2.13. The molecule has 4 nitrogen and oxygen atoms in total. The van der Waals surface area contributed by atoms with Crippen LogP contribution in [0.15, 0.2) is 17.5 Å². The van der Waals surface area contributed by atoms with Crippen molar-refractivity contribution in [2.75, 3.05) is 20.2 Å². The summed E-state index contributed by atoms with van der Waals surface area (Å²) < 4.78 is 4.70. The number of ether oxygens (including phenoxy) is 1. The van der Waals surface area contributed by atoms with Gasteiger partial charge in [-0.1, -0.05) is 0 Å². The Kier molecular flexibility index (Phi) is 4.37. The highest BCUT2D eigenvalue weighted by atomic mass is 32.1. The Bertz CT molecular complexity index is 507. The van der Waals surface area contributed by atoms with Gasteiger partial charge in [0.25, 0.3) is 0 Å². The summed E-state index contributed by atoms with van der Waals surface area (Å²) in [6, 6.07) is 2.03. The van der Waals surface area contributed by atoms with E-state index in [1.807, 2.05) is 24.4 Å². The molecule has 1 aliphatic heterocycles. The molecule has 1 unspecified atom stereocenters. The van der Waals surface area contributed by atoms with E-state index in [1.165, 1.54) is 12.7 Å². The van der Waals surface area contributed by atoms with Crippen molar-refractivity contribution in [1.29, 1.82) is 0 Å². The number of nitrogens with zero attached hydrogens (tertiary/aromatic N) is 1. The molecule has 1 fully saturated rings. The van der Waals surface area contributed by atoms with Crippen LogP contribution in [-0.4, -0.2) is 37.0 Å². The van der Waals surface area contributed by atoms with Crippen molar-refractivity contribution in [3.8, 4) is 0 Å². The molecule has 2 heterocycles. The summed E-state index contributed by atoms with van der Waals surface area (Å²) in [5.74, 6) is -0.446. The number of rotatable bonds is 3. The minimum atomic E-state index is -0.228. The molecule has 0 bridgehead atoms. The van der Waals surface area contributed by atoms with Crippen LogP contribution in [0, 0.1) is 12.8 Å². The van der Waals surface area contributed by atoms with E-state index in [9.17, 15) is 9.59 Å². The van der Waals surface area contributed by atoms with Crippen LogP contribution in [0.4, 0.5) is 0 Å². The molecule has 1 aromatic heterocycles. The van der Waals surface area contributed by atoms with E-state index in [0.29, 0.717) is 19.5 Å². The third-order valence-electron chi connectivity index (χ3n) is 3.31. The van der Waals surface area contributed by atoms with E-state index in [-0.39, 0.29) is 17.8 Å². The van der Waals surface area contributed by atoms with Crippen molar-refractivity contribution in [2.45, 2.75) is 13.3 Å². The SMILES string of the molecule is COC(=O)C1CCN(C(=O)C=Cc2sccc2C)C1. The lowest BCUT2D eigenvalue weighted by atomic mass is 10.1. The summed E-state index contributed by atoms with van der Waals surface area (Å²) in [5, 5.41) is 2.00. The molecule has 0 aromatic carbocycles. The Morgan fingerprint density at radius 2 is 2.32 bits per heavy atom. The molecule has 19 heavy (non-hydrogen) atoms. The van der Waals surface area contributed by atoms with Crippen LogP contribution >= 0.6 is 11.3 Å². The number of aryl methyl sites for hydroxylation is 1. The lowest BCUT2D eigenvalue weighted by Gasteiger charge is -2.13. The first kappa shape index (κ1) is 13.8. The van der Waals surface area contributed by atoms with E-state index in [4.69, 9.17) is 4.74 Å². The molecule has 0 N–H and O–H groups in total. The minimum absolute atomic E-state index is 0.0424. The summed E-state index contributed by atoms with van der Waals surface area (Å²) in [7, 11) is 1.38. The number of carbonyl (C=O) groups excluding carboxylic acids is 2. The third-order valence-corrected chi connectivity index (χ3v) is 4.30. The van der Waals surface area contributed by atoms with Crippen molar-refractivity contribution in [3.05, 3.63) is 28.0 Å². The number of hydrogen-bond donors (Lipinski definition) is 0. The van der Waals surface area contributed by atoms with Crippen LogP contribution in [-0.2, 0) is 14.3 Å². The standard InChI is InChI=1S/C14H17NO3S/c1-10-6-8-19-12(10)3-4-13(16)15-7-5-11(9-15)14(17)18-2/h3-4,6,8,11H,5,7,9H2,1-2H3. The average Bonchev–Trinajstić information content (AvgIpc) is 3.04. The molecule has 1 atom stereocenters. The molecule has 0 spiro atoms. The predicted molar refractivity (Wildman–Crippen MR) is 74.8 cm³/mol. The topological polar surface area (TPSA) is 46.6 Å². The first-order chi connectivity index (χ1) is 9.11. The Balaban J connectivity index is 1.93. The van der Waals surface area contributed by atoms with Gasteiger partial charge in [-0.3, -0.25) is 9.59 Å². The van der Waals surface area contributed by atoms with Crippen LogP contribution in [0.25, 0.3) is 6.08 Å². The van der Waals surface area contributed by atoms with Gasteiger partial charge in [0.15, 0.2) is 0 Å². The van der Waals surface area contributed by atoms with Crippen molar-refractivity contribution in [2.24, 2.45) is 5.92 Å². The second kappa shape index (κ2) is 6.02. The first-order valence-electron chi connectivity index (χ1n) is 6.20. The monoisotopic (exact) mass is 279 g/mol. The normalized spacial score (nSPS) is 19.1. The van der Waals surface area contributed by atoms with Crippen molar-refractivity contribution >= 4 is 29.3 Å². The van der Waals surface area contributed by atoms with Crippen LogP contribution in [0.1, 0.15) is 16.9 Å². The highest BCUT2D eigenvalue weighted by molar-refractivity contribution is 7.11. The number of hydrogen-bond acceptors (Lipinski definition) is 4. The van der Waals surface area contributed by atoms with Gasteiger partial charge in [-0.2, -0.15) is 0 Å². The fourth-order valence-corrected chi connectivity index (χ4v) is 2.95. The minimum Gasteiger partial charge on any atom is -0.469 e. The van der Waals surface area contributed by atoms with E-state index >= 15 is 0 Å². The molecule has 0 aliphatic carbocycles. The predicted octanol–water partition coefficient (Wildman–Crippen LogP) is 2.09. The third kappa shape index (κ3) is 3.23.